The van der Waals surface area contributed by atoms with Gasteiger partial charge in [-0.15, -0.1) is 0 Å². The Morgan fingerprint density at radius 2 is 2.14 bits per heavy atom. The third kappa shape index (κ3) is 2.50. The average molecular weight is 320 g/mol. The van der Waals surface area contributed by atoms with Crippen LogP contribution in [0.5, 0.6) is 0 Å². The average Bonchev–Trinajstić information content (AvgIpc) is 2.47. The van der Waals surface area contributed by atoms with E-state index in [1.807, 2.05) is 24.3 Å². The van der Waals surface area contributed by atoms with Gasteiger partial charge >= 0.3 is 0 Å². The largest absolute Gasteiger partial charge is 0.396 e. The van der Waals surface area contributed by atoms with Gasteiger partial charge in [0.1, 0.15) is 0 Å². The lowest BCUT2D eigenvalue weighted by Gasteiger charge is -2.41. The van der Waals surface area contributed by atoms with E-state index in [1.165, 1.54) is 11.8 Å². The normalized spacial score (nSPS) is 25.6. The van der Waals surface area contributed by atoms with Crippen LogP contribution in [0, 0.1) is 5.41 Å². The van der Waals surface area contributed by atoms with Crippen LogP contribution in [0.2, 0.25) is 0 Å². The maximum atomic E-state index is 12.6. The van der Waals surface area contributed by atoms with Gasteiger partial charge in [0.05, 0.1) is 12.3 Å². The number of rotatable bonds is 4. The van der Waals surface area contributed by atoms with E-state index in [1.54, 1.807) is 6.92 Å². The molecule has 3 rings (SSSR count). The molecule has 2 amide bonds. The topological polar surface area (TPSA) is 78.4 Å². The number of aliphatic hydroxyl groups is 1. The van der Waals surface area contributed by atoms with E-state index in [-0.39, 0.29) is 23.8 Å². The second-order valence-electron chi connectivity index (χ2n) is 6.28. The molecule has 0 spiro atoms. The van der Waals surface area contributed by atoms with Crippen LogP contribution >= 0.6 is 11.8 Å². The molecular weight excluding hydrogens is 300 g/mol. The Bertz CT molecular complexity index is 610. The Balaban J connectivity index is 1.72. The number of para-hydroxylation sites is 1. The molecule has 1 fully saturated rings. The number of hydrogen-bond donors (Lipinski definition) is 3. The molecule has 0 aromatic heterocycles. The Hall–Kier alpha value is -1.53. The van der Waals surface area contributed by atoms with Crippen LogP contribution in [0.4, 0.5) is 5.69 Å². The van der Waals surface area contributed by atoms with Crippen molar-refractivity contribution in [1.82, 2.24) is 5.32 Å². The minimum atomic E-state index is -1.19. The van der Waals surface area contributed by atoms with Gasteiger partial charge in [-0.2, -0.15) is 0 Å². The molecule has 1 heterocycles. The molecule has 5 nitrogen and oxygen atoms in total. The van der Waals surface area contributed by atoms with Gasteiger partial charge in [-0.3, -0.25) is 9.59 Å². The molecule has 1 aliphatic heterocycles. The Labute approximate surface area is 133 Å². The standard InChI is InChI=1S/C16H20N2O3S/c1-15(13(20)17-9-16(10-19)7-4-8-16)14(21)18-11-5-2-3-6-12(11)22-15/h2-3,5-6,19H,4,7-10H2,1H3,(H,17,20)(H,18,21). The fourth-order valence-corrected chi connectivity index (χ4v) is 3.94. The maximum Gasteiger partial charge on any atom is 0.250 e. The highest BCUT2D eigenvalue weighted by Gasteiger charge is 2.47. The number of hydrogen-bond acceptors (Lipinski definition) is 4. The van der Waals surface area contributed by atoms with Crippen LogP contribution in [-0.2, 0) is 9.59 Å². The number of anilines is 1. The zero-order chi connectivity index (χ0) is 15.8. The van der Waals surface area contributed by atoms with Gasteiger partial charge in [0.25, 0.3) is 0 Å². The second-order valence-corrected chi connectivity index (χ2v) is 7.74. The molecule has 1 aromatic carbocycles. The highest BCUT2D eigenvalue weighted by Crippen LogP contribution is 2.43. The summed E-state index contributed by atoms with van der Waals surface area (Å²) in [7, 11) is 0. The molecule has 1 aliphatic carbocycles. The van der Waals surface area contributed by atoms with Crippen LogP contribution in [0.3, 0.4) is 0 Å². The molecule has 1 saturated carbocycles. The van der Waals surface area contributed by atoms with Crippen molar-refractivity contribution in [3.05, 3.63) is 24.3 Å². The van der Waals surface area contributed by atoms with Crippen LogP contribution in [0.25, 0.3) is 0 Å². The van der Waals surface area contributed by atoms with E-state index >= 15 is 0 Å². The summed E-state index contributed by atoms with van der Waals surface area (Å²) in [5.41, 5.74) is 0.549. The fraction of sp³-hybridized carbons (Fsp3) is 0.500. The van der Waals surface area contributed by atoms with E-state index in [0.29, 0.717) is 6.54 Å². The molecule has 0 saturated heterocycles. The summed E-state index contributed by atoms with van der Waals surface area (Å²) in [4.78, 5) is 25.8. The first-order chi connectivity index (χ1) is 10.5. The monoisotopic (exact) mass is 320 g/mol. The summed E-state index contributed by atoms with van der Waals surface area (Å²) >= 11 is 1.27. The van der Waals surface area contributed by atoms with Crippen molar-refractivity contribution in [2.75, 3.05) is 18.5 Å². The third-order valence-electron chi connectivity index (χ3n) is 4.69. The molecule has 6 heteroatoms. The molecule has 1 atom stereocenters. The molecule has 2 aliphatic rings. The van der Waals surface area contributed by atoms with Crippen molar-refractivity contribution < 1.29 is 14.7 Å². The first kappa shape index (κ1) is 15.4. The number of thioether (sulfide) groups is 1. The van der Waals surface area contributed by atoms with E-state index in [2.05, 4.69) is 10.6 Å². The highest BCUT2D eigenvalue weighted by atomic mass is 32.2. The summed E-state index contributed by atoms with van der Waals surface area (Å²) < 4.78 is -1.19. The quantitative estimate of drug-likeness (QED) is 0.739. The second kappa shape index (κ2) is 5.59. The number of carbonyl (C=O) groups is 2. The van der Waals surface area contributed by atoms with Crippen LogP contribution < -0.4 is 10.6 Å². The first-order valence-electron chi connectivity index (χ1n) is 7.48. The Morgan fingerprint density at radius 1 is 1.41 bits per heavy atom. The fourth-order valence-electron chi connectivity index (χ4n) is 2.82. The lowest BCUT2D eigenvalue weighted by Crippen LogP contribution is -2.55. The maximum absolute atomic E-state index is 12.6. The van der Waals surface area contributed by atoms with Crippen molar-refractivity contribution in [1.29, 1.82) is 0 Å². The number of benzene rings is 1. The van der Waals surface area contributed by atoms with Crippen molar-refractivity contribution >= 4 is 29.3 Å². The van der Waals surface area contributed by atoms with Crippen LogP contribution in [0.1, 0.15) is 26.2 Å². The Morgan fingerprint density at radius 3 is 2.77 bits per heavy atom. The molecule has 1 aromatic rings. The highest BCUT2D eigenvalue weighted by molar-refractivity contribution is 8.02. The predicted molar refractivity (Wildman–Crippen MR) is 85.7 cm³/mol. The van der Waals surface area contributed by atoms with E-state index in [4.69, 9.17) is 0 Å². The SMILES string of the molecule is CC1(C(=O)NCC2(CO)CCC2)Sc2ccccc2NC1=O. The van der Waals surface area contributed by atoms with Gasteiger partial charge in [-0.25, -0.2) is 0 Å². The lowest BCUT2D eigenvalue weighted by molar-refractivity contribution is -0.130. The van der Waals surface area contributed by atoms with Gasteiger partial charge in [0.15, 0.2) is 4.75 Å². The molecule has 3 N–H and O–H groups in total. The van der Waals surface area contributed by atoms with Crippen molar-refractivity contribution in [3.8, 4) is 0 Å². The number of amides is 2. The predicted octanol–water partition coefficient (Wildman–Crippen LogP) is 1.77. The molecule has 0 bridgehead atoms. The van der Waals surface area contributed by atoms with Crippen LogP contribution in [-0.4, -0.2) is 34.8 Å². The zero-order valence-corrected chi connectivity index (χ0v) is 13.3. The summed E-state index contributed by atoms with van der Waals surface area (Å²) in [6, 6.07) is 7.46. The zero-order valence-electron chi connectivity index (χ0n) is 12.5. The lowest BCUT2D eigenvalue weighted by atomic mass is 9.69. The first-order valence-corrected chi connectivity index (χ1v) is 8.29. The van der Waals surface area contributed by atoms with E-state index in [0.717, 1.165) is 29.8 Å². The third-order valence-corrected chi connectivity index (χ3v) is 6.04. The number of fused-ring (bicyclic) bond motifs is 1. The molecular formula is C16H20N2O3S. The van der Waals surface area contributed by atoms with E-state index in [9.17, 15) is 14.7 Å². The van der Waals surface area contributed by atoms with Gasteiger partial charge in [0, 0.05) is 16.9 Å². The van der Waals surface area contributed by atoms with E-state index < -0.39 is 4.75 Å². The smallest absolute Gasteiger partial charge is 0.250 e. The van der Waals surface area contributed by atoms with Crippen molar-refractivity contribution in [2.24, 2.45) is 5.41 Å². The summed E-state index contributed by atoms with van der Waals surface area (Å²) in [6.07, 6.45) is 2.92. The molecule has 118 valence electrons. The molecule has 22 heavy (non-hydrogen) atoms. The van der Waals surface area contributed by atoms with Crippen molar-refractivity contribution in [2.45, 2.75) is 35.8 Å². The minimum Gasteiger partial charge on any atom is -0.396 e. The van der Waals surface area contributed by atoms with Gasteiger partial charge in [-0.1, -0.05) is 30.3 Å². The molecule has 1 unspecified atom stereocenters. The molecule has 0 radical (unpaired) electrons. The van der Waals surface area contributed by atoms with Crippen LogP contribution in [0.15, 0.2) is 29.2 Å². The summed E-state index contributed by atoms with van der Waals surface area (Å²) in [6.45, 7) is 2.14. The van der Waals surface area contributed by atoms with Crippen molar-refractivity contribution in [3.63, 3.8) is 0 Å². The number of nitrogens with one attached hydrogen (secondary N) is 2. The minimum absolute atomic E-state index is 0.0756. The number of carbonyl (C=O) groups excluding carboxylic acids is 2. The van der Waals surface area contributed by atoms with Gasteiger partial charge in [-0.05, 0) is 31.9 Å². The summed E-state index contributed by atoms with van der Waals surface area (Å²) in [5.74, 6) is -0.607. The number of aliphatic hydroxyl groups excluding tert-OH is 1. The summed E-state index contributed by atoms with van der Waals surface area (Å²) in [5, 5.41) is 15.1. The van der Waals surface area contributed by atoms with Gasteiger partial charge in [0.2, 0.25) is 11.8 Å². The Kier molecular flexibility index (Phi) is 3.91. The van der Waals surface area contributed by atoms with Gasteiger partial charge < -0.3 is 15.7 Å².